The van der Waals surface area contributed by atoms with Crippen molar-refractivity contribution in [2.75, 3.05) is 6.54 Å². The standard InChI is InChI=1S/C9H10N2O2/c10-4-3-9-11-6-8(13-9)7-2-1-5-12-7/h1-2,5-6H,3-4,10H2. The fourth-order valence-corrected chi connectivity index (χ4v) is 1.08. The van der Waals surface area contributed by atoms with Crippen molar-refractivity contribution in [2.24, 2.45) is 5.73 Å². The first-order valence-electron chi connectivity index (χ1n) is 4.09. The van der Waals surface area contributed by atoms with E-state index >= 15 is 0 Å². The lowest BCUT2D eigenvalue weighted by Crippen LogP contribution is -2.02. The number of hydrogen-bond donors (Lipinski definition) is 1. The van der Waals surface area contributed by atoms with Gasteiger partial charge < -0.3 is 14.6 Å². The summed E-state index contributed by atoms with van der Waals surface area (Å²) in [6, 6.07) is 3.63. The largest absolute Gasteiger partial charge is 0.461 e. The van der Waals surface area contributed by atoms with Crippen molar-refractivity contribution in [3.8, 4) is 11.5 Å². The predicted molar refractivity (Wildman–Crippen MR) is 47.0 cm³/mol. The Morgan fingerprint density at radius 2 is 2.31 bits per heavy atom. The lowest BCUT2D eigenvalue weighted by atomic mass is 10.4. The average molecular weight is 178 g/mol. The van der Waals surface area contributed by atoms with Gasteiger partial charge in [0, 0.05) is 13.0 Å². The number of furan rings is 1. The molecule has 2 aromatic rings. The second-order valence-electron chi connectivity index (χ2n) is 2.63. The van der Waals surface area contributed by atoms with Crippen LogP contribution in [0.5, 0.6) is 0 Å². The molecule has 0 aromatic carbocycles. The summed E-state index contributed by atoms with van der Waals surface area (Å²) in [5.41, 5.74) is 5.37. The maximum absolute atomic E-state index is 5.38. The predicted octanol–water partition coefficient (Wildman–Crippen LogP) is 1.44. The van der Waals surface area contributed by atoms with Crippen molar-refractivity contribution in [1.82, 2.24) is 4.98 Å². The van der Waals surface area contributed by atoms with E-state index in [0.29, 0.717) is 30.4 Å². The van der Waals surface area contributed by atoms with Crippen LogP contribution in [-0.2, 0) is 6.42 Å². The Balaban J connectivity index is 2.23. The Morgan fingerprint density at radius 3 is 3.00 bits per heavy atom. The van der Waals surface area contributed by atoms with Crippen LogP contribution < -0.4 is 5.73 Å². The highest BCUT2D eigenvalue weighted by Crippen LogP contribution is 2.20. The number of nitrogens with zero attached hydrogens (tertiary/aromatic N) is 1. The summed E-state index contributed by atoms with van der Waals surface area (Å²) in [5.74, 6) is 1.98. The van der Waals surface area contributed by atoms with E-state index in [2.05, 4.69) is 4.98 Å². The lowest BCUT2D eigenvalue weighted by molar-refractivity contribution is 0.483. The van der Waals surface area contributed by atoms with Crippen molar-refractivity contribution in [2.45, 2.75) is 6.42 Å². The van der Waals surface area contributed by atoms with Crippen molar-refractivity contribution < 1.29 is 8.83 Å². The van der Waals surface area contributed by atoms with Gasteiger partial charge in [-0.15, -0.1) is 0 Å². The van der Waals surface area contributed by atoms with Gasteiger partial charge in [0.15, 0.2) is 17.4 Å². The molecule has 4 nitrogen and oxygen atoms in total. The van der Waals surface area contributed by atoms with Crippen LogP contribution in [0.4, 0.5) is 0 Å². The molecule has 0 saturated heterocycles. The SMILES string of the molecule is NCCc1ncc(-c2ccco2)o1. The molecule has 0 spiro atoms. The highest BCUT2D eigenvalue weighted by atomic mass is 16.4. The molecule has 0 bridgehead atoms. The maximum Gasteiger partial charge on any atom is 0.196 e. The Hall–Kier alpha value is -1.55. The van der Waals surface area contributed by atoms with Crippen LogP contribution in [0.25, 0.3) is 11.5 Å². The smallest absolute Gasteiger partial charge is 0.196 e. The normalized spacial score (nSPS) is 10.5. The van der Waals surface area contributed by atoms with E-state index in [9.17, 15) is 0 Å². The summed E-state index contributed by atoms with van der Waals surface area (Å²) >= 11 is 0. The summed E-state index contributed by atoms with van der Waals surface area (Å²) in [4.78, 5) is 4.06. The summed E-state index contributed by atoms with van der Waals surface area (Å²) < 4.78 is 10.5. The molecule has 2 rings (SSSR count). The second-order valence-corrected chi connectivity index (χ2v) is 2.63. The number of oxazole rings is 1. The Kier molecular flexibility index (Phi) is 2.14. The molecule has 68 valence electrons. The zero-order valence-corrected chi connectivity index (χ0v) is 7.06. The van der Waals surface area contributed by atoms with E-state index < -0.39 is 0 Å². The first kappa shape index (κ1) is 8.07. The van der Waals surface area contributed by atoms with Crippen molar-refractivity contribution in [1.29, 1.82) is 0 Å². The van der Waals surface area contributed by atoms with E-state index in [1.807, 2.05) is 6.07 Å². The van der Waals surface area contributed by atoms with Crippen molar-refractivity contribution >= 4 is 0 Å². The van der Waals surface area contributed by atoms with Gasteiger partial charge in [0.25, 0.3) is 0 Å². The molecule has 0 radical (unpaired) electrons. The Bertz CT molecular complexity index is 365. The minimum Gasteiger partial charge on any atom is -0.461 e. The third-order valence-corrected chi connectivity index (χ3v) is 1.68. The molecular formula is C9H10N2O2. The minimum atomic E-state index is 0.540. The molecule has 0 atom stereocenters. The fourth-order valence-electron chi connectivity index (χ4n) is 1.08. The number of aromatic nitrogens is 1. The van der Waals surface area contributed by atoms with Crippen LogP contribution in [0.1, 0.15) is 5.89 Å². The van der Waals surface area contributed by atoms with Crippen LogP contribution in [0, 0.1) is 0 Å². The molecule has 0 aliphatic heterocycles. The van der Waals surface area contributed by atoms with Crippen molar-refractivity contribution in [3.63, 3.8) is 0 Å². The summed E-state index contributed by atoms with van der Waals surface area (Å²) in [7, 11) is 0. The van der Waals surface area contributed by atoms with E-state index in [0.717, 1.165) is 0 Å². The lowest BCUT2D eigenvalue weighted by Gasteiger charge is -1.89. The fraction of sp³-hybridized carbons (Fsp3) is 0.222. The third kappa shape index (κ3) is 1.62. The summed E-state index contributed by atoms with van der Waals surface area (Å²) in [5, 5.41) is 0. The van der Waals surface area contributed by atoms with Gasteiger partial charge in [-0.1, -0.05) is 0 Å². The monoisotopic (exact) mass is 178 g/mol. The van der Waals surface area contributed by atoms with E-state index in [-0.39, 0.29) is 0 Å². The topological polar surface area (TPSA) is 65.2 Å². The average Bonchev–Trinajstić information content (AvgIpc) is 2.70. The zero-order chi connectivity index (χ0) is 9.10. The molecule has 0 aliphatic rings. The van der Waals surface area contributed by atoms with E-state index in [1.54, 1.807) is 18.5 Å². The molecule has 0 amide bonds. The number of nitrogens with two attached hydrogens (primary N) is 1. The molecule has 2 N–H and O–H groups in total. The minimum absolute atomic E-state index is 0.540. The first-order chi connectivity index (χ1) is 6.40. The molecule has 2 heterocycles. The van der Waals surface area contributed by atoms with Gasteiger partial charge in [-0.3, -0.25) is 0 Å². The highest BCUT2D eigenvalue weighted by Gasteiger charge is 2.07. The quantitative estimate of drug-likeness (QED) is 0.772. The molecule has 0 fully saturated rings. The molecule has 4 heteroatoms. The van der Waals surface area contributed by atoms with Gasteiger partial charge in [0.2, 0.25) is 0 Å². The van der Waals surface area contributed by atoms with E-state index in [4.69, 9.17) is 14.6 Å². The van der Waals surface area contributed by atoms with Gasteiger partial charge >= 0.3 is 0 Å². The number of rotatable bonds is 3. The van der Waals surface area contributed by atoms with Crippen LogP contribution in [-0.4, -0.2) is 11.5 Å². The summed E-state index contributed by atoms with van der Waals surface area (Å²) in [6.45, 7) is 0.540. The molecule has 13 heavy (non-hydrogen) atoms. The van der Waals surface area contributed by atoms with Crippen LogP contribution in [0.15, 0.2) is 33.4 Å². The Labute approximate surface area is 75.4 Å². The van der Waals surface area contributed by atoms with Crippen LogP contribution in [0.2, 0.25) is 0 Å². The second kappa shape index (κ2) is 3.45. The summed E-state index contributed by atoms with van der Waals surface area (Å²) in [6.07, 6.45) is 3.89. The van der Waals surface area contributed by atoms with Gasteiger partial charge in [-0.25, -0.2) is 4.98 Å². The maximum atomic E-state index is 5.38. The van der Waals surface area contributed by atoms with Crippen molar-refractivity contribution in [3.05, 3.63) is 30.5 Å². The van der Waals surface area contributed by atoms with Gasteiger partial charge in [0.1, 0.15) is 0 Å². The molecule has 0 aliphatic carbocycles. The molecule has 0 unspecified atom stereocenters. The van der Waals surface area contributed by atoms with Gasteiger partial charge in [-0.2, -0.15) is 0 Å². The third-order valence-electron chi connectivity index (χ3n) is 1.68. The highest BCUT2D eigenvalue weighted by molar-refractivity contribution is 5.47. The molecule has 2 aromatic heterocycles. The van der Waals surface area contributed by atoms with E-state index in [1.165, 1.54) is 0 Å². The van der Waals surface area contributed by atoms with Gasteiger partial charge in [-0.05, 0) is 12.1 Å². The van der Waals surface area contributed by atoms with Crippen LogP contribution >= 0.6 is 0 Å². The molecule has 0 saturated carbocycles. The van der Waals surface area contributed by atoms with Crippen LogP contribution in [0.3, 0.4) is 0 Å². The zero-order valence-electron chi connectivity index (χ0n) is 7.06. The Morgan fingerprint density at radius 1 is 1.38 bits per heavy atom. The first-order valence-corrected chi connectivity index (χ1v) is 4.09. The number of hydrogen-bond acceptors (Lipinski definition) is 4. The molecular weight excluding hydrogens is 168 g/mol. The van der Waals surface area contributed by atoms with Gasteiger partial charge in [0.05, 0.1) is 12.5 Å².